The van der Waals surface area contributed by atoms with Crippen LogP contribution in [0.5, 0.6) is 0 Å². The van der Waals surface area contributed by atoms with Crippen LogP contribution >= 0.6 is 0 Å². The van der Waals surface area contributed by atoms with Gasteiger partial charge in [0.1, 0.15) is 0 Å². The normalized spacial score (nSPS) is 10.3. The van der Waals surface area contributed by atoms with Gasteiger partial charge in [0, 0.05) is 5.69 Å². The fraction of sp³-hybridized carbons (Fsp3) is 0.200. The highest BCUT2D eigenvalue weighted by atomic mass is 14.9. The molecule has 17 heavy (non-hydrogen) atoms. The number of rotatable bonds is 2. The second-order valence-corrected chi connectivity index (χ2v) is 4.39. The van der Waals surface area contributed by atoms with Crippen molar-refractivity contribution in [2.24, 2.45) is 0 Å². The third kappa shape index (κ3) is 2.26. The van der Waals surface area contributed by atoms with Gasteiger partial charge in [0.25, 0.3) is 0 Å². The predicted octanol–water partition coefficient (Wildman–Crippen LogP) is 3.94. The van der Waals surface area contributed by atoms with Crippen molar-refractivity contribution in [1.29, 1.82) is 0 Å². The van der Waals surface area contributed by atoms with E-state index in [0.717, 1.165) is 17.1 Å². The second kappa shape index (κ2) is 4.50. The predicted molar refractivity (Wildman–Crippen MR) is 74.8 cm³/mol. The summed E-state index contributed by atoms with van der Waals surface area (Å²) in [6, 6.07) is 12.0. The molecule has 0 bridgehead atoms. The average molecular weight is 226 g/mol. The summed E-state index contributed by atoms with van der Waals surface area (Å²) in [6.07, 6.45) is 0. The van der Waals surface area contributed by atoms with Crippen LogP contribution in [0.3, 0.4) is 0 Å². The zero-order valence-corrected chi connectivity index (χ0v) is 10.5. The quantitative estimate of drug-likeness (QED) is 0.761. The number of nitrogens with one attached hydrogen (secondary N) is 1. The van der Waals surface area contributed by atoms with Gasteiger partial charge in [-0.25, -0.2) is 0 Å². The lowest BCUT2D eigenvalue weighted by molar-refractivity contribution is 1.26. The number of hydrogen-bond donors (Lipinski definition) is 2. The Morgan fingerprint density at radius 3 is 2.24 bits per heavy atom. The Morgan fingerprint density at radius 1 is 0.824 bits per heavy atom. The van der Waals surface area contributed by atoms with Gasteiger partial charge in [0.15, 0.2) is 0 Å². The summed E-state index contributed by atoms with van der Waals surface area (Å²) in [5.41, 5.74) is 12.7. The maximum Gasteiger partial charge on any atom is 0.0617 e. The molecule has 2 aromatic carbocycles. The summed E-state index contributed by atoms with van der Waals surface area (Å²) >= 11 is 0. The largest absolute Gasteiger partial charge is 0.397 e. The molecule has 0 aliphatic carbocycles. The highest BCUT2D eigenvalue weighted by Gasteiger charge is 2.05. The first-order valence-electron chi connectivity index (χ1n) is 5.78. The maximum absolute atomic E-state index is 5.92. The first kappa shape index (κ1) is 11.5. The molecule has 0 aliphatic rings. The van der Waals surface area contributed by atoms with Crippen LogP contribution in [0.25, 0.3) is 0 Å². The zero-order chi connectivity index (χ0) is 12.4. The van der Waals surface area contributed by atoms with Crippen molar-refractivity contribution >= 4 is 17.1 Å². The molecule has 0 atom stereocenters. The molecule has 0 saturated heterocycles. The van der Waals surface area contributed by atoms with E-state index in [1.807, 2.05) is 24.3 Å². The molecule has 88 valence electrons. The van der Waals surface area contributed by atoms with E-state index >= 15 is 0 Å². The maximum atomic E-state index is 5.92. The van der Waals surface area contributed by atoms with Gasteiger partial charge in [-0.15, -0.1) is 0 Å². The number of nitrogen functional groups attached to an aromatic ring is 1. The summed E-state index contributed by atoms with van der Waals surface area (Å²) in [6.45, 7) is 6.40. The number of para-hydroxylation sites is 2. The molecule has 3 N–H and O–H groups in total. The Balaban J connectivity index is 2.38. The van der Waals surface area contributed by atoms with Gasteiger partial charge < -0.3 is 11.1 Å². The topological polar surface area (TPSA) is 38.0 Å². The summed E-state index contributed by atoms with van der Waals surface area (Å²) in [4.78, 5) is 0. The minimum absolute atomic E-state index is 0.769. The Morgan fingerprint density at radius 2 is 1.53 bits per heavy atom. The monoisotopic (exact) mass is 226 g/mol. The molecule has 2 heteroatoms. The van der Waals surface area contributed by atoms with E-state index in [1.54, 1.807) is 0 Å². The molecule has 2 rings (SSSR count). The lowest BCUT2D eigenvalue weighted by Crippen LogP contribution is -1.99. The Labute approximate surface area is 102 Å². The number of benzene rings is 2. The molecule has 0 aliphatic heterocycles. The van der Waals surface area contributed by atoms with Gasteiger partial charge in [0.2, 0.25) is 0 Å². The van der Waals surface area contributed by atoms with E-state index in [4.69, 9.17) is 5.73 Å². The third-order valence-electron chi connectivity index (χ3n) is 3.29. The first-order chi connectivity index (χ1) is 8.09. The van der Waals surface area contributed by atoms with Crippen LogP contribution in [0, 0.1) is 20.8 Å². The van der Waals surface area contributed by atoms with Gasteiger partial charge in [-0.2, -0.15) is 0 Å². The lowest BCUT2D eigenvalue weighted by Gasteiger charge is -2.14. The summed E-state index contributed by atoms with van der Waals surface area (Å²) in [5, 5.41) is 3.38. The van der Waals surface area contributed by atoms with Crippen molar-refractivity contribution in [3.8, 4) is 0 Å². The third-order valence-corrected chi connectivity index (χ3v) is 3.29. The average Bonchev–Trinajstić information content (AvgIpc) is 2.32. The van der Waals surface area contributed by atoms with E-state index in [0.29, 0.717) is 0 Å². The highest BCUT2D eigenvalue weighted by Crippen LogP contribution is 2.27. The van der Waals surface area contributed by atoms with Crippen LogP contribution in [-0.2, 0) is 0 Å². The molecule has 0 spiro atoms. The number of hydrogen-bond acceptors (Lipinski definition) is 2. The first-order valence-corrected chi connectivity index (χ1v) is 5.78. The molecule has 0 saturated carbocycles. The van der Waals surface area contributed by atoms with Gasteiger partial charge in [-0.05, 0) is 55.7 Å². The van der Waals surface area contributed by atoms with Crippen LogP contribution in [0.15, 0.2) is 36.4 Å². The fourth-order valence-corrected chi connectivity index (χ4v) is 1.85. The van der Waals surface area contributed by atoms with Crippen molar-refractivity contribution in [1.82, 2.24) is 0 Å². The van der Waals surface area contributed by atoms with Crippen molar-refractivity contribution in [3.63, 3.8) is 0 Å². The molecular weight excluding hydrogens is 208 g/mol. The lowest BCUT2D eigenvalue weighted by atomic mass is 10.0. The van der Waals surface area contributed by atoms with Crippen LogP contribution in [0.2, 0.25) is 0 Å². The van der Waals surface area contributed by atoms with Crippen LogP contribution in [0.1, 0.15) is 16.7 Å². The molecule has 0 heterocycles. The van der Waals surface area contributed by atoms with E-state index in [-0.39, 0.29) is 0 Å². The number of aryl methyl sites for hydroxylation is 1. The molecule has 0 aromatic heterocycles. The summed E-state index contributed by atoms with van der Waals surface area (Å²) < 4.78 is 0. The van der Waals surface area contributed by atoms with Gasteiger partial charge >= 0.3 is 0 Å². The SMILES string of the molecule is Cc1ccc(Nc2ccccc2N)c(C)c1C. The molecule has 2 nitrogen and oxygen atoms in total. The number of nitrogens with two attached hydrogens (primary N) is 1. The van der Waals surface area contributed by atoms with Gasteiger partial charge in [-0.3, -0.25) is 0 Å². The molecule has 0 fully saturated rings. The molecule has 0 unspecified atom stereocenters. The molecule has 0 amide bonds. The molecule has 2 aromatic rings. The van der Waals surface area contributed by atoms with E-state index in [2.05, 4.69) is 38.2 Å². The second-order valence-electron chi connectivity index (χ2n) is 4.39. The van der Waals surface area contributed by atoms with E-state index in [1.165, 1.54) is 16.7 Å². The molecule has 0 radical (unpaired) electrons. The smallest absolute Gasteiger partial charge is 0.0617 e. The van der Waals surface area contributed by atoms with Crippen molar-refractivity contribution in [2.75, 3.05) is 11.1 Å². The van der Waals surface area contributed by atoms with Crippen LogP contribution in [0.4, 0.5) is 17.1 Å². The number of anilines is 3. The van der Waals surface area contributed by atoms with Crippen molar-refractivity contribution < 1.29 is 0 Å². The van der Waals surface area contributed by atoms with Crippen molar-refractivity contribution in [2.45, 2.75) is 20.8 Å². The van der Waals surface area contributed by atoms with Crippen LogP contribution in [-0.4, -0.2) is 0 Å². The summed E-state index contributed by atoms with van der Waals surface area (Å²) in [7, 11) is 0. The van der Waals surface area contributed by atoms with E-state index < -0.39 is 0 Å². The van der Waals surface area contributed by atoms with Gasteiger partial charge in [-0.1, -0.05) is 18.2 Å². The minimum Gasteiger partial charge on any atom is -0.397 e. The standard InChI is InChI=1S/C15H18N2/c1-10-8-9-14(12(3)11(10)2)17-15-7-5-4-6-13(15)16/h4-9,17H,16H2,1-3H3. The van der Waals surface area contributed by atoms with Crippen molar-refractivity contribution in [3.05, 3.63) is 53.1 Å². The molecular formula is C15H18N2. The highest BCUT2D eigenvalue weighted by molar-refractivity contribution is 5.74. The van der Waals surface area contributed by atoms with Gasteiger partial charge in [0.05, 0.1) is 11.4 Å². The van der Waals surface area contributed by atoms with Crippen LogP contribution < -0.4 is 11.1 Å². The zero-order valence-electron chi connectivity index (χ0n) is 10.5. The Hall–Kier alpha value is -1.96. The summed E-state index contributed by atoms with van der Waals surface area (Å²) in [5.74, 6) is 0. The van der Waals surface area contributed by atoms with E-state index in [9.17, 15) is 0 Å². The Bertz CT molecular complexity index is 545. The Kier molecular flexibility index (Phi) is 3.05. The fourth-order valence-electron chi connectivity index (χ4n) is 1.85. The minimum atomic E-state index is 0.769.